The maximum Gasteiger partial charge on any atom is 0.277 e. The Balaban J connectivity index is 2.03. The van der Waals surface area contributed by atoms with Crippen molar-refractivity contribution in [3.63, 3.8) is 0 Å². The van der Waals surface area contributed by atoms with Crippen molar-refractivity contribution in [3.8, 4) is 5.88 Å². The normalized spacial score (nSPS) is 15.0. The number of aromatic nitrogens is 1. The lowest BCUT2D eigenvalue weighted by Gasteiger charge is -2.02. The predicted molar refractivity (Wildman–Crippen MR) is 82.8 cm³/mol. The number of hydrogen-bond donors (Lipinski definition) is 2. The number of nitrogens with one attached hydrogen (secondary N) is 1. The molecule has 2 amide bonds. The number of carbonyl (C=O) groups is 2. The van der Waals surface area contributed by atoms with Gasteiger partial charge in [0.1, 0.15) is 0 Å². The Hall–Kier alpha value is -2.80. The van der Waals surface area contributed by atoms with Gasteiger partial charge in [0.2, 0.25) is 11.8 Å². The zero-order chi connectivity index (χ0) is 15.7. The number of para-hydroxylation sites is 1. The number of anilines is 1. The van der Waals surface area contributed by atoms with E-state index in [0.29, 0.717) is 15.8 Å². The fraction of sp³-hybridized carbons (Fsp3) is 0.0667. The average molecular weight is 313 g/mol. The number of aromatic hydroxyl groups is 1. The zero-order valence-electron chi connectivity index (χ0n) is 11.5. The van der Waals surface area contributed by atoms with Crippen LogP contribution in [0.25, 0.3) is 12.2 Å². The molecule has 2 N–H and O–H groups in total. The lowest BCUT2D eigenvalue weighted by molar-refractivity contribution is -0.115. The minimum Gasteiger partial charge on any atom is -0.492 e. The molecule has 2 aromatic rings. The lowest BCUT2D eigenvalue weighted by atomic mass is 10.1. The summed E-state index contributed by atoms with van der Waals surface area (Å²) in [6.07, 6.45) is 3.22. The monoisotopic (exact) mass is 313 g/mol. The topological polar surface area (TPSA) is 91.7 Å². The summed E-state index contributed by atoms with van der Waals surface area (Å²) in [4.78, 5) is 31.2. The zero-order valence-corrected chi connectivity index (χ0v) is 12.3. The van der Waals surface area contributed by atoms with E-state index >= 15 is 0 Å². The van der Waals surface area contributed by atoms with Gasteiger partial charge >= 0.3 is 0 Å². The molecule has 2 heterocycles. The van der Waals surface area contributed by atoms with Crippen LogP contribution in [0.5, 0.6) is 5.88 Å². The van der Waals surface area contributed by atoms with E-state index in [1.165, 1.54) is 13.0 Å². The van der Waals surface area contributed by atoms with Gasteiger partial charge in [0.05, 0.1) is 10.2 Å². The van der Waals surface area contributed by atoms with Gasteiger partial charge in [-0.2, -0.15) is 4.98 Å². The molecule has 0 unspecified atom stereocenters. The Kier molecular flexibility index (Phi) is 3.56. The molecular formula is C15H11N3O3S. The summed E-state index contributed by atoms with van der Waals surface area (Å²) in [6.45, 7) is 1.35. The molecule has 0 spiro atoms. The average Bonchev–Trinajstić information content (AvgIpc) is 2.78. The fourth-order valence-electron chi connectivity index (χ4n) is 1.98. The predicted octanol–water partition coefficient (Wildman–Crippen LogP) is 0.831. The van der Waals surface area contributed by atoms with Gasteiger partial charge in [-0.1, -0.05) is 29.5 Å². The van der Waals surface area contributed by atoms with Crippen molar-refractivity contribution >= 4 is 40.4 Å². The molecule has 0 radical (unpaired) electrons. The minimum absolute atomic E-state index is 0.235. The second kappa shape index (κ2) is 5.53. The SMILES string of the molecule is CC(=O)Nc1nc(O)c(/C=C2\C=c3ccccc3=NC2=O)s1. The summed E-state index contributed by atoms with van der Waals surface area (Å²) in [5, 5.41) is 14.0. The summed E-state index contributed by atoms with van der Waals surface area (Å²) in [6, 6.07) is 7.29. The summed E-state index contributed by atoms with van der Waals surface area (Å²) < 4.78 is 0. The highest BCUT2D eigenvalue weighted by molar-refractivity contribution is 7.16. The molecule has 1 aliphatic rings. The number of amides is 2. The number of carbonyl (C=O) groups excluding carboxylic acids is 2. The second-order valence-electron chi connectivity index (χ2n) is 4.61. The van der Waals surface area contributed by atoms with Crippen LogP contribution >= 0.6 is 11.3 Å². The molecular weight excluding hydrogens is 302 g/mol. The summed E-state index contributed by atoms with van der Waals surface area (Å²) >= 11 is 1.08. The van der Waals surface area contributed by atoms with E-state index in [-0.39, 0.29) is 22.8 Å². The van der Waals surface area contributed by atoms with Crippen LogP contribution in [0.2, 0.25) is 0 Å². The van der Waals surface area contributed by atoms with Crippen molar-refractivity contribution in [1.82, 2.24) is 4.98 Å². The van der Waals surface area contributed by atoms with Crippen molar-refractivity contribution in [1.29, 1.82) is 0 Å². The maximum atomic E-state index is 12.0. The molecule has 0 atom stereocenters. The van der Waals surface area contributed by atoms with Gasteiger partial charge in [-0.05, 0) is 18.2 Å². The van der Waals surface area contributed by atoms with E-state index in [4.69, 9.17) is 0 Å². The highest BCUT2D eigenvalue weighted by Gasteiger charge is 2.14. The fourth-order valence-corrected chi connectivity index (χ4v) is 2.84. The van der Waals surface area contributed by atoms with Crippen LogP contribution in [0.15, 0.2) is 34.8 Å². The smallest absolute Gasteiger partial charge is 0.277 e. The lowest BCUT2D eigenvalue weighted by Crippen LogP contribution is -2.29. The Morgan fingerprint density at radius 2 is 2.14 bits per heavy atom. The number of thiazole rings is 1. The quantitative estimate of drug-likeness (QED) is 0.803. The van der Waals surface area contributed by atoms with Gasteiger partial charge in [-0.3, -0.25) is 9.59 Å². The Morgan fingerprint density at radius 1 is 1.36 bits per heavy atom. The largest absolute Gasteiger partial charge is 0.492 e. The number of benzene rings is 1. The van der Waals surface area contributed by atoms with Crippen LogP contribution in [-0.2, 0) is 9.59 Å². The molecule has 0 fully saturated rings. The van der Waals surface area contributed by atoms with Crippen molar-refractivity contribution in [3.05, 3.63) is 45.3 Å². The molecule has 0 bridgehead atoms. The van der Waals surface area contributed by atoms with Gasteiger partial charge in [0, 0.05) is 17.7 Å². The van der Waals surface area contributed by atoms with E-state index in [9.17, 15) is 14.7 Å². The van der Waals surface area contributed by atoms with Crippen LogP contribution in [-0.4, -0.2) is 21.9 Å². The first-order valence-electron chi connectivity index (χ1n) is 6.42. The van der Waals surface area contributed by atoms with E-state index in [1.807, 2.05) is 18.2 Å². The second-order valence-corrected chi connectivity index (χ2v) is 5.64. The Bertz CT molecular complexity index is 928. The first-order chi connectivity index (χ1) is 10.5. The standard InChI is InChI=1S/C15H11N3O3S/c1-8(19)16-15-18-14(21)12(22-15)7-10-6-9-4-2-3-5-11(9)17-13(10)20/h2-7,21H,1H3,(H,16,18,19)/b10-7+. The highest BCUT2D eigenvalue weighted by atomic mass is 32.1. The molecule has 110 valence electrons. The van der Waals surface area contributed by atoms with Crippen molar-refractivity contribution in [2.24, 2.45) is 4.99 Å². The third-order valence-corrected chi connectivity index (χ3v) is 3.83. The maximum absolute atomic E-state index is 12.0. The number of fused-ring (bicyclic) bond motifs is 1. The molecule has 3 rings (SSSR count). The third-order valence-electron chi connectivity index (χ3n) is 2.92. The molecule has 0 saturated heterocycles. The van der Waals surface area contributed by atoms with Crippen molar-refractivity contribution in [2.45, 2.75) is 6.92 Å². The van der Waals surface area contributed by atoms with Crippen molar-refractivity contribution < 1.29 is 14.7 Å². The molecule has 7 heteroatoms. The van der Waals surface area contributed by atoms with Gasteiger partial charge in [-0.25, -0.2) is 4.99 Å². The van der Waals surface area contributed by atoms with Gasteiger partial charge in [0.15, 0.2) is 5.13 Å². The molecule has 6 nitrogen and oxygen atoms in total. The molecule has 0 saturated carbocycles. The summed E-state index contributed by atoms with van der Waals surface area (Å²) in [5.41, 5.74) is 0.354. The first-order valence-corrected chi connectivity index (χ1v) is 7.23. The Morgan fingerprint density at radius 3 is 2.91 bits per heavy atom. The molecule has 22 heavy (non-hydrogen) atoms. The summed E-state index contributed by atoms with van der Waals surface area (Å²) in [7, 11) is 0. The van der Waals surface area contributed by atoms with E-state index in [0.717, 1.165) is 16.6 Å². The van der Waals surface area contributed by atoms with Crippen molar-refractivity contribution in [2.75, 3.05) is 5.32 Å². The van der Waals surface area contributed by atoms with E-state index < -0.39 is 0 Å². The molecule has 1 aliphatic heterocycles. The van der Waals surface area contributed by atoms with Crippen LogP contribution in [0, 0.1) is 0 Å². The van der Waals surface area contributed by atoms with Crippen LogP contribution in [0.1, 0.15) is 11.8 Å². The van der Waals surface area contributed by atoms with Crippen LogP contribution in [0.4, 0.5) is 5.13 Å². The van der Waals surface area contributed by atoms with Gasteiger partial charge in [-0.15, -0.1) is 0 Å². The van der Waals surface area contributed by atoms with Gasteiger partial charge < -0.3 is 10.4 Å². The van der Waals surface area contributed by atoms with E-state index in [2.05, 4.69) is 15.3 Å². The molecule has 1 aromatic carbocycles. The summed E-state index contributed by atoms with van der Waals surface area (Å²) in [5.74, 6) is -0.897. The van der Waals surface area contributed by atoms with Crippen LogP contribution < -0.4 is 15.9 Å². The highest BCUT2D eigenvalue weighted by Crippen LogP contribution is 2.30. The molecule has 0 aliphatic carbocycles. The number of rotatable bonds is 2. The van der Waals surface area contributed by atoms with Gasteiger partial charge in [0.25, 0.3) is 5.91 Å². The minimum atomic E-state index is -0.382. The first kappa shape index (κ1) is 14.2. The Labute approximate surface area is 129 Å². The third kappa shape index (κ3) is 2.79. The molecule has 1 aromatic heterocycles. The number of hydrogen-bond acceptors (Lipinski definition) is 5. The van der Waals surface area contributed by atoms with E-state index in [1.54, 1.807) is 12.1 Å². The van der Waals surface area contributed by atoms with Crippen LogP contribution in [0.3, 0.4) is 0 Å². The number of nitrogens with zero attached hydrogens (tertiary/aromatic N) is 2.